The average molecular weight is 661 g/mol. The first-order chi connectivity index (χ1) is 23.1. The van der Waals surface area contributed by atoms with E-state index in [4.69, 9.17) is 4.74 Å². The van der Waals surface area contributed by atoms with Crippen molar-refractivity contribution < 1.29 is 9.53 Å². The van der Waals surface area contributed by atoms with Gasteiger partial charge in [0.2, 0.25) is 0 Å². The molecule has 9 atom stereocenters. The first-order valence-corrected chi connectivity index (χ1v) is 21.0. The number of fused-ring (bicyclic) bond motifs is 5. The number of hydrogen-bond acceptors (Lipinski definition) is 2. The second-order valence-electron chi connectivity index (χ2n) is 17.7. The van der Waals surface area contributed by atoms with Crippen molar-refractivity contribution in [3.05, 3.63) is 48.1 Å². The van der Waals surface area contributed by atoms with E-state index in [1.807, 2.05) is 5.57 Å². The monoisotopic (exact) mass is 661 g/mol. The largest absolute Gasteiger partial charge is 0.462 e. The summed E-state index contributed by atoms with van der Waals surface area (Å²) in [4.78, 5) is 12.8. The quantitative estimate of drug-likeness (QED) is 0.0783. The fraction of sp³-hybridized carbons (Fsp3) is 0.804. The van der Waals surface area contributed by atoms with Gasteiger partial charge in [0.25, 0.3) is 0 Å². The minimum Gasteiger partial charge on any atom is -0.462 e. The molecule has 0 amide bonds. The fourth-order valence-electron chi connectivity index (χ4n) is 10.5. The lowest BCUT2D eigenvalue weighted by atomic mass is 9.47. The maximum absolute atomic E-state index is 12.8. The molecule has 0 heterocycles. The average Bonchev–Trinajstić information content (AvgIpc) is 3.42. The van der Waals surface area contributed by atoms with Gasteiger partial charge in [-0.25, -0.2) is 0 Å². The Kier molecular flexibility index (Phi) is 15.6. The lowest BCUT2D eigenvalue weighted by Crippen LogP contribution is -2.50. The maximum Gasteiger partial charge on any atom is 0.306 e. The molecule has 0 N–H and O–H groups in total. The Hall–Kier alpha value is -1.57. The highest BCUT2D eigenvalue weighted by Crippen LogP contribution is 2.67. The molecule has 3 fully saturated rings. The normalized spacial score (nSPS) is 33.2. The summed E-state index contributed by atoms with van der Waals surface area (Å²) in [5.74, 6) is 5.07. The standard InChI is InChI=1S/C46H76O2/c1-8-9-10-11-12-13-14-15-16-17-18-19-20-21-22-23-44(47)48-39-30-32-45(6)38(34-39)26-27-40-42-29-28-41(46(42,7)33-31-43(40)45)37(5)25-24-36(4)35(2)3/h12-13,15-16,24-25,27,35-39,41-43H,8-11,14,17-23,26,28-34H2,1-7H3/b13-12+,16-15+,25-24+/t36-,37+,38?,39-,41+,42-,43-,45-,46+/m0/s1. The van der Waals surface area contributed by atoms with E-state index >= 15 is 0 Å². The molecule has 272 valence electrons. The lowest BCUT2D eigenvalue weighted by molar-refractivity contribution is -0.155. The molecule has 4 rings (SSSR count). The third-order valence-electron chi connectivity index (χ3n) is 14.1. The molecule has 2 nitrogen and oxygen atoms in total. The van der Waals surface area contributed by atoms with Crippen LogP contribution in [0.2, 0.25) is 0 Å². The number of unbranched alkanes of at least 4 members (excludes halogenated alkanes) is 8. The van der Waals surface area contributed by atoms with E-state index < -0.39 is 0 Å². The van der Waals surface area contributed by atoms with Crippen LogP contribution in [0.5, 0.6) is 0 Å². The van der Waals surface area contributed by atoms with Gasteiger partial charge in [-0.05, 0) is 142 Å². The summed E-state index contributed by atoms with van der Waals surface area (Å²) in [5.41, 5.74) is 2.67. The number of allylic oxidation sites excluding steroid dienone is 8. The molecule has 0 bridgehead atoms. The highest BCUT2D eigenvalue weighted by Gasteiger charge is 2.58. The molecule has 0 spiro atoms. The zero-order valence-corrected chi connectivity index (χ0v) is 32.6. The van der Waals surface area contributed by atoms with Gasteiger partial charge in [0.1, 0.15) is 6.10 Å². The van der Waals surface area contributed by atoms with Crippen LogP contribution in [0.4, 0.5) is 0 Å². The van der Waals surface area contributed by atoms with Gasteiger partial charge in [0.15, 0.2) is 0 Å². The molecule has 4 aliphatic carbocycles. The molecule has 3 saturated carbocycles. The number of hydrogen-bond donors (Lipinski definition) is 0. The van der Waals surface area contributed by atoms with Crippen molar-refractivity contribution in [1.82, 2.24) is 0 Å². The van der Waals surface area contributed by atoms with E-state index in [0.29, 0.717) is 40.9 Å². The SMILES string of the molecule is CCCCC/C=C/C/C=C/CCCCCCCC(=O)O[C@H]1CC[C@@]2(C)C(CC=C3[C@@H]4CC[C@H]([C@H](C)/C=C/[C@H](C)C(C)C)[C@@]4(C)CC[C@@H]32)C1. The first kappa shape index (κ1) is 39.2. The topological polar surface area (TPSA) is 26.3 Å². The Balaban J connectivity index is 1.15. The van der Waals surface area contributed by atoms with Crippen molar-refractivity contribution in [3.63, 3.8) is 0 Å². The third-order valence-corrected chi connectivity index (χ3v) is 14.1. The number of carbonyl (C=O) groups is 1. The van der Waals surface area contributed by atoms with Gasteiger partial charge < -0.3 is 4.74 Å². The molecule has 4 aliphatic rings. The van der Waals surface area contributed by atoms with Crippen LogP contribution in [0.1, 0.15) is 177 Å². The van der Waals surface area contributed by atoms with Crippen LogP contribution in [0.3, 0.4) is 0 Å². The minimum absolute atomic E-state index is 0.0534. The van der Waals surface area contributed by atoms with Crippen molar-refractivity contribution in [2.24, 2.45) is 52.3 Å². The highest BCUT2D eigenvalue weighted by molar-refractivity contribution is 5.69. The van der Waals surface area contributed by atoms with Gasteiger partial charge in [-0.1, -0.05) is 129 Å². The van der Waals surface area contributed by atoms with E-state index in [1.54, 1.807) is 0 Å². The smallest absolute Gasteiger partial charge is 0.306 e. The van der Waals surface area contributed by atoms with Crippen LogP contribution in [0.25, 0.3) is 0 Å². The van der Waals surface area contributed by atoms with Crippen LogP contribution in [0, 0.1) is 52.3 Å². The predicted octanol–water partition coefficient (Wildman–Crippen LogP) is 13.8. The predicted molar refractivity (Wildman–Crippen MR) is 207 cm³/mol. The van der Waals surface area contributed by atoms with Gasteiger partial charge in [0, 0.05) is 6.42 Å². The van der Waals surface area contributed by atoms with Crippen LogP contribution in [0.15, 0.2) is 48.1 Å². The highest BCUT2D eigenvalue weighted by atomic mass is 16.5. The van der Waals surface area contributed by atoms with Gasteiger partial charge in [-0.15, -0.1) is 0 Å². The number of ether oxygens (including phenoxy) is 1. The Morgan fingerprint density at radius 3 is 2.21 bits per heavy atom. The van der Waals surface area contributed by atoms with Crippen LogP contribution in [-0.2, 0) is 9.53 Å². The van der Waals surface area contributed by atoms with E-state index in [0.717, 1.165) is 49.9 Å². The third kappa shape index (κ3) is 10.2. The second kappa shape index (κ2) is 19.2. The first-order valence-electron chi connectivity index (χ1n) is 21.0. The lowest BCUT2D eigenvalue weighted by Gasteiger charge is -2.58. The Morgan fingerprint density at radius 1 is 0.812 bits per heavy atom. The molecular weight excluding hydrogens is 585 g/mol. The summed E-state index contributed by atoms with van der Waals surface area (Å²) in [6.45, 7) is 17.1. The summed E-state index contributed by atoms with van der Waals surface area (Å²) in [6, 6.07) is 0. The number of rotatable bonds is 19. The summed E-state index contributed by atoms with van der Waals surface area (Å²) >= 11 is 0. The molecule has 2 heteroatoms. The second-order valence-corrected chi connectivity index (χ2v) is 17.7. The van der Waals surface area contributed by atoms with Crippen molar-refractivity contribution >= 4 is 5.97 Å². The maximum atomic E-state index is 12.8. The number of carbonyl (C=O) groups excluding carboxylic acids is 1. The summed E-state index contributed by atoms with van der Waals surface area (Å²) in [6.07, 6.45) is 41.2. The van der Waals surface area contributed by atoms with Gasteiger partial charge in [-0.2, -0.15) is 0 Å². The molecule has 1 unspecified atom stereocenters. The zero-order chi connectivity index (χ0) is 34.6. The molecular formula is C46H76O2. The zero-order valence-electron chi connectivity index (χ0n) is 32.6. The molecule has 0 aromatic heterocycles. The Bertz CT molecular complexity index is 1090. The number of esters is 1. The van der Waals surface area contributed by atoms with Gasteiger partial charge >= 0.3 is 5.97 Å². The van der Waals surface area contributed by atoms with E-state index in [9.17, 15) is 4.79 Å². The molecule has 0 aromatic carbocycles. The van der Waals surface area contributed by atoms with Crippen molar-refractivity contribution in [3.8, 4) is 0 Å². The molecule has 0 aromatic rings. The Morgan fingerprint density at radius 2 is 1.48 bits per heavy atom. The summed E-state index contributed by atoms with van der Waals surface area (Å²) in [5, 5.41) is 0. The minimum atomic E-state index is 0.0534. The fourth-order valence-corrected chi connectivity index (χ4v) is 10.5. The van der Waals surface area contributed by atoms with Crippen LogP contribution >= 0.6 is 0 Å². The van der Waals surface area contributed by atoms with E-state index in [2.05, 4.69) is 91.0 Å². The Labute approximate surface area is 298 Å². The van der Waals surface area contributed by atoms with Crippen LogP contribution < -0.4 is 0 Å². The van der Waals surface area contributed by atoms with Crippen molar-refractivity contribution in [1.29, 1.82) is 0 Å². The summed E-state index contributed by atoms with van der Waals surface area (Å²) in [7, 11) is 0. The van der Waals surface area contributed by atoms with E-state index in [-0.39, 0.29) is 12.1 Å². The molecule has 0 aliphatic heterocycles. The van der Waals surface area contributed by atoms with Crippen molar-refractivity contribution in [2.45, 2.75) is 183 Å². The summed E-state index contributed by atoms with van der Waals surface area (Å²) < 4.78 is 6.14. The van der Waals surface area contributed by atoms with Crippen molar-refractivity contribution in [2.75, 3.05) is 0 Å². The van der Waals surface area contributed by atoms with Gasteiger partial charge in [0.05, 0.1) is 0 Å². The molecule has 0 radical (unpaired) electrons. The van der Waals surface area contributed by atoms with Crippen LogP contribution in [-0.4, -0.2) is 12.1 Å². The molecule has 48 heavy (non-hydrogen) atoms. The van der Waals surface area contributed by atoms with E-state index in [1.165, 1.54) is 89.9 Å². The molecule has 0 saturated heterocycles. The van der Waals surface area contributed by atoms with Gasteiger partial charge in [-0.3, -0.25) is 4.79 Å².